The lowest BCUT2D eigenvalue weighted by Gasteiger charge is -1.80. The number of oxazole rings is 1. The van der Waals surface area contributed by atoms with Crippen LogP contribution >= 0.6 is 0 Å². The molecule has 1 aromatic heterocycles. The normalized spacial score (nSPS) is 10.6. The molecule has 0 spiro atoms. The molecule has 2 heteroatoms. The second-order valence-electron chi connectivity index (χ2n) is 2.17. The molecular weight excluding hydrogens is 138 g/mol. The van der Waals surface area contributed by atoms with Crippen molar-refractivity contribution in [3.05, 3.63) is 36.6 Å². The molecule has 11 heavy (non-hydrogen) atoms. The Morgan fingerprint density at radius 3 is 3.18 bits per heavy atom. The van der Waals surface area contributed by atoms with Gasteiger partial charge in [-0.2, -0.15) is 0 Å². The third-order valence-corrected chi connectivity index (χ3v) is 1.23. The molecule has 0 amide bonds. The molecule has 0 aliphatic carbocycles. The predicted molar refractivity (Wildman–Crippen MR) is 45.1 cm³/mol. The van der Waals surface area contributed by atoms with E-state index in [4.69, 9.17) is 4.42 Å². The van der Waals surface area contributed by atoms with Gasteiger partial charge in [-0.25, -0.2) is 4.98 Å². The van der Waals surface area contributed by atoms with Crippen LogP contribution in [0.2, 0.25) is 0 Å². The van der Waals surface area contributed by atoms with Crippen molar-refractivity contribution in [1.82, 2.24) is 4.98 Å². The SMILES string of the molecule is C=CCc1coc(C=CC)n1. The van der Waals surface area contributed by atoms with Gasteiger partial charge in [-0.1, -0.05) is 12.2 Å². The van der Waals surface area contributed by atoms with Gasteiger partial charge in [0.1, 0.15) is 6.26 Å². The summed E-state index contributed by atoms with van der Waals surface area (Å²) in [7, 11) is 0. The van der Waals surface area contributed by atoms with E-state index in [2.05, 4.69) is 11.6 Å². The Hall–Kier alpha value is -1.31. The van der Waals surface area contributed by atoms with E-state index in [9.17, 15) is 0 Å². The lowest BCUT2D eigenvalue weighted by molar-refractivity contribution is 0.545. The van der Waals surface area contributed by atoms with Gasteiger partial charge in [0, 0.05) is 6.42 Å². The van der Waals surface area contributed by atoms with Crippen molar-refractivity contribution in [3.63, 3.8) is 0 Å². The highest BCUT2D eigenvalue weighted by Crippen LogP contribution is 2.04. The number of rotatable bonds is 3. The van der Waals surface area contributed by atoms with Gasteiger partial charge in [0.2, 0.25) is 5.89 Å². The van der Waals surface area contributed by atoms with Crippen LogP contribution in [-0.4, -0.2) is 4.98 Å². The monoisotopic (exact) mass is 149 g/mol. The van der Waals surface area contributed by atoms with Crippen molar-refractivity contribution < 1.29 is 4.42 Å². The maximum Gasteiger partial charge on any atom is 0.218 e. The summed E-state index contributed by atoms with van der Waals surface area (Å²) in [5.74, 6) is 0.657. The summed E-state index contributed by atoms with van der Waals surface area (Å²) in [6.07, 6.45) is 7.94. The van der Waals surface area contributed by atoms with E-state index in [1.54, 1.807) is 12.3 Å². The zero-order valence-corrected chi connectivity index (χ0v) is 6.58. The molecule has 0 fully saturated rings. The van der Waals surface area contributed by atoms with Crippen molar-refractivity contribution in [1.29, 1.82) is 0 Å². The average molecular weight is 149 g/mol. The van der Waals surface area contributed by atoms with Gasteiger partial charge >= 0.3 is 0 Å². The molecule has 0 aliphatic rings. The quantitative estimate of drug-likeness (QED) is 0.617. The Morgan fingerprint density at radius 1 is 1.73 bits per heavy atom. The van der Waals surface area contributed by atoms with Crippen molar-refractivity contribution in [2.45, 2.75) is 13.3 Å². The minimum atomic E-state index is 0.657. The molecule has 0 aromatic carbocycles. The van der Waals surface area contributed by atoms with E-state index < -0.39 is 0 Å². The highest BCUT2D eigenvalue weighted by Gasteiger charge is 1.96. The number of nitrogens with zero attached hydrogens (tertiary/aromatic N) is 1. The number of hydrogen-bond donors (Lipinski definition) is 0. The second kappa shape index (κ2) is 3.76. The van der Waals surface area contributed by atoms with Gasteiger partial charge in [0.25, 0.3) is 0 Å². The fraction of sp³-hybridized carbons (Fsp3) is 0.222. The minimum Gasteiger partial charge on any atom is -0.445 e. The van der Waals surface area contributed by atoms with Crippen molar-refractivity contribution in [3.8, 4) is 0 Å². The van der Waals surface area contributed by atoms with Crippen LogP contribution in [-0.2, 0) is 6.42 Å². The molecule has 1 heterocycles. The maximum atomic E-state index is 5.11. The number of hydrogen-bond acceptors (Lipinski definition) is 2. The summed E-state index contributed by atoms with van der Waals surface area (Å²) in [5.41, 5.74) is 0.924. The van der Waals surface area contributed by atoms with E-state index >= 15 is 0 Å². The standard InChI is InChI=1S/C9H11NO/c1-3-5-8-7-11-9(10-8)6-4-2/h3-4,6-7H,1,5H2,2H3. The molecule has 1 aromatic rings. The molecule has 0 saturated carbocycles. The first-order chi connectivity index (χ1) is 5.36. The number of allylic oxidation sites excluding steroid dienone is 2. The molecule has 0 bridgehead atoms. The first kappa shape index (κ1) is 7.79. The Kier molecular flexibility index (Phi) is 2.66. The second-order valence-corrected chi connectivity index (χ2v) is 2.17. The Bertz CT molecular complexity index is 260. The summed E-state index contributed by atoms with van der Waals surface area (Å²) >= 11 is 0. The van der Waals surface area contributed by atoms with Gasteiger partial charge in [-0.05, 0) is 13.0 Å². The summed E-state index contributed by atoms with van der Waals surface area (Å²) in [5, 5.41) is 0. The third-order valence-electron chi connectivity index (χ3n) is 1.23. The van der Waals surface area contributed by atoms with E-state index in [1.807, 2.05) is 19.1 Å². The highest BCUT2D eigenvalue weighted by atomic mass is 16.3. The van der Waals surface area contributed by atoms with E-state index in [0.717, 1.165) is 12.1 Å². The van der Waals surface area contributed by atoms with Crippen LogP contribution in [0, 0.1) is 0 Å². The molecule has 0 aliphatic heterocycles. The van der Waals surface area contributed by atoms with Gasteiger partial charge < -0.3 is 4.42 Å². The zero-order valence-electron chi connectivity index (χ0n) is 6.58. The molecule has 2 nitrogen and oxygen atoms in total. The van der Waals surface area contributed by atoms with E-state index in [1.165, 1.54) is 0 Å². The van der Waals surface area contributed by atoms with Crippen LogP contribution in [0.15, 0.2) is 29.4 Å². The van der Waals surface area contributed by atoms with Gasteiger partial charge in [0.15, 0.2) is 0 Å². The van der Waals surface area contributed by atoms with Crippen LogP contribution in [0.25, 0.3) is 6.08 Å². The lowest BCUT2D eigenvalue weighted by atomic mass is 10.3. The van der Waals surface area contributed by atoms with Crippen LogP contribution in [0.5, 0.6) is 0 Å². The molecule has 0 radical (unpaired) electrons. The molecule has 58 valence electrons. The van der Waals surface area contributed by atoms with Crippen LogP contribution < -0.4 is 0 Å². The molecule has 0 atom stereocenters. The molecule has 0 unspecified atom stereocenters. The highest BCUT2D eigenvalue weighted by molar-refractivity contribution is 5.37. The van der Waals surface area contributed by atoms with Crippen molar-refractivity contribution >= 4 is 6.08 Å². The molecule has 1 rings (SSSR count). The van der Waals surface area contributed by atoms with Gasteiger partial charge in [0.05, 0.1) is 5.69 Å². The zero-order chi connectivity index (χ0) is 8.10. The Labute approximate surface area is 66.3 Å². The van der Waals surface area contributed by atoms with E-state index in [0.29, 0.717) is 5.89 Å². The van der Waals surface area contributed by atoms with Gasteiger partial charge in [-0.3, -0.25) is 0 Å². The first-order valence-electron chi connectivity index (χ1n) is 3.55. The summed E-state index contributed by atoms with van der Waals surface area (Å²) in [6, 6.07) is 0. The third kappa shape index (κ3) is 2.08. The van der Waals surface area contributed by atoms with Crippen molar-refractivity contribution in [2.75, 3.05) is 0 Å². The number of aromatic nitrogens is 1. The Balaban J connectivity index is 2.72. The lowest BCUT2D eigenvalue weighted by Crippen LogP contribution is -1.78. The predicted octanol–water partition coefficient (Wildman–Crippen LogP) is 2.44. The Morgan fingerprint density at radius 2 is 2.55 bits per heavy atom. The maximum absolute atomic E-state index is 5.11. The fourth-order valence-electron chi connectivity index (χ4n) is 0.783. The topological polar surface area (TPSA) is 26.0 Å². The van der Waals surface area contributed by atoms with Crippen LogP contribution in [0.1, 0.15) is 18.5 Å². The fourth-order valence-corrected chi connectivity index (χ4v) is 0.783. The average Bonchev–Trinajstić information content (AvgIpc) is 2.38. The molecule has 0 N–H and O–H groups in total. The smallest absolute Gasteiger partial charge is 0.218 e. The van der Waals surface area contributed by atoms with E-state index in [-0.39, 0.29) is 0 Å². The van der Waals surface area contributed by atoms with Crippen LogP contribution in [0.4, 0.5) is 0 Å². The minimum absolute atomic E-state index is 0.657. The summed E-state index contributed by atoms with van der Waals surface area (Å²) < 4.78 is 5.11. The van der Waals surface area contributed by atoms with Gasteiger partial charge in [-0.15, -0.1) is 6.58 Å². The molecule has 0 saturated heterocycles. The van der Waals surface area contributed by atoms with Crippen LogP contribution in [0.3, 0.4) is 0 Å². The largest absolute Gasteiger partial charge is 0.445 e. The molecular formula is C9H11NO. The first-order valence-corrected chi connectivity index (χ1v) is 3.55. The summed E-state index contributed by atoms with van der Waals surface area (Å²) in [6.45, 7) is 5.54. The van der Waals surface area contributed by atoms with Crippen molar-refractivity contribution in [2.24, 2.45) is 0 Å². The summed E-state index contributed by atoms with van der Waals surface area (Å²) in [4.78, 5) is 4.16.